The molecule has 0 bridgehead atoms. The summed E-state index contributed by atoms with van der Waals surface area (Å²) < 4.78 is 36.2. The Bertz CT molecular complexity index is 730. The predicted molar refractivity (Wildman–Crippen MR) is 75.7 cm³/mol. The summed E-state index contributed by atoms with van der Waals surface area (Å²) in [6, 6.07) is 3.75. The van der Waals surface area contributed by atoms with Crippen LogP contribution in [0.5, 0.6) is 0 Å². The van der Waals surface area contributed by atoms with Crippen molar-refractivity contribution in [2.45, 2.75) is 6.04 Å². The lowest BCUT2D eigenvalue weighted by Gasteiger charge is -2.18. The topological polar surface area (TPSA) is 94.6 Å². The minimum Gasteiger partial charge on any atom is -0.458 e. The summed E-state index contributed by atoms with van der Waals surface area (Å²) in [5.41, 5.74) is 5.44. The molecule has 1 unspecified atom stereocenters. The number of methoxy groups -OCH3 is 1. The lowest BCUT2D eigenvalue weighted by atomic mass is 10.1. The van der Waals surface area contributed by atoms with Crippen LogP contribution in [0.1, 0.15) is 32.5 Å². The summed E-state index contributed by atoms with van der Waals surface area (Å²) in [6.07, 6.45) is 1.07. The molecule has 2 rings (SSSR count). The summed E-state index contributed by atoms with van der Waals surface area (Å²) >= 11 is 0. The second-order valence-electron chi connectivity index (χ2n) is 4.72. The van der Waals surface area contributed by atoms with Crippen molar-refractivity contribution in [3.8, 4) is 0 Å². The normalized spacial score (nSPS) is 12.0. The number of halogens is 2. The molecule has 2 amide bonds. The number of furan rings is 1. The van der Waals surface area contributed by atoms with Crippen molar-refractivity contribution in [2.75, 3.05) is 13.7 Å². The molecular formula is C15H14F2N2O4. The van der Waals surface area contributed by atoms with E-state index in [2.05, 4.69) is 5.32 Å². The van der Waals surface area contributed by atoms with E-state index in [9.17, 15) is 18.4 Å². The third kappa shape index (κ3) is 3.92. The van der Waals surface area contributed by atoms with Gasteiger partial charge in [0.2, 0.25) is 0 Å². The highest BCUT2D eigenvalue weighted by atomic mass is 19.2. The van der Waals surface area contributed by atoms with E-state index in [-0.39, 0.29) is 17.9 Å². The molecule has 0 saturated carbocycles. The van der Waals surface area contributed by atoms with E-state index < -0.39 is 29.5 Å². The minimum atomic E-state index is -1.03. The van der Waals surface area contributed by atoms with E-state index in [1.165, 1.54) is 19.2 Å². The van der Waals surface area contributed by atoms with Crippen LogP contribution in [0.2, 0.25) is 0 Å². The highest BCUT2D eigenvalue weighted by molar-refractivity contribution is 5.97. The van der Waals surface area contributed by atoms with Crippen molar-refractivity contribution in [1.82, 2.24) is 5.32 Å². The highest BCUT2D eigenvalue weighted by Gasteiger charge is 2.19. The Morgan fingerprint density at radius 2 is 2.04 bits per heavy atom. The van der Waals surface area contributed by atoms with Crippen LogP contribution in [0.3, 0.4) is 0 Å². The quantitative estimate of drug-likeness (QED) is 0.847. The number of benzene rings is 1. The summed E-state index contributed by atoms with van der Waals surface area (Å²) in [4.78, 5) is 23.1. The van der Waals surface area contributed by atoms with Crippen LogP contribution >= 0.6 is 0 Å². The number of carbonyl (C=O) groups is 2. The van der Waals surface area contributed by atoms with Gasteiger partial charge in [-0.2, -0.15) is 0 Å². The number of nitrogens with two attached hydrogens (primary N) is 1. The van der Waals surface area contributed by atoms with Crippen LogP contribution in [-0.4, -0.2) is 25.5 Å². The number of rotatable bonds is 6. The molecule has 0 saturated heterocycles. The zero-order valence-electron chi connectivity index (χ0n) is 12.1. The van der Waals surface area contributed by atoms with Crippen molar-refractivity contribution in [2.24, 2.45) is 5.73 Å². The Morgan fingerprint density at radius 3 is 2.61 bits per heavy atom. The molecule has 6 nitrogen and oxygen atoms in total. The van der Waals surface area contributed by atoms with Gasteiger partial charge in [-0.1, -0.05) is 6.07 Å². The van der Waals surface area contributed by atoms with Gasteiger partial charge >= 0.3 is 0 Å². The van der Waals surface area contributed by atoms with Crippen molar-refractivity contribution in [1.29, 1.82) is 0 Å². The average Bonchev–Trinajstić information content (AvgIpc) is 3.00. The second kappa shape index (κ2) is 7.01. The van der Waals surface area contributed by atoms with Gasteiger partial charge in [0.15, 0.2) is 17.4 Å². The van der Waals surface area contributed by atoms with Crippen LogP contribution in [0.15, 0.2) is 34.9 Å². The number of amides is 2. The first-order valence-corrected chi connectivity index (χ1v) is 6.55. The van der Waals surface area contributed by atoms with Crippen molar-refractivity contribution >= 4 is 11.8 Å². The van der Waals surface area contributed by atoms with Gasteiger partial charge in [0, 0.05) is 13.2 Å². The van der Waals surface area contributed by atoms with Gasteiger partial charge in [-0.3, -0.25) is 9.59 Å². The summed E-state index contributed by atoms with van der Waals surface area (Å²) in [5.74, 6) is -3.56. The SMILES string of the molecule is COCC(NC(=O)c1coc(C(N)=O)c1)c1ccc(F)c(F)c1. The van der Waals surface area contributed by atoms with Crippen LogP contribution < -0.4 is 11.1 Å². The zero-order valence-corrected chi connectivity index (χ0v) is 12.1. The number of primary amides is 1. The smallest absolute Gasteiger partial charge is 0.284 e. The van der Waals surface area contributed by atoms with Gasteiger partial charge in [-0.05, 0) is 17.7 Å². The fourth-order valence-corrected chi connectivity index (χ4v) is 1.94. The number of hydrogen-bond acceptors (Lipinski definition) is 4. The minimum absolute atomic E-state index is 0.0390. The molecule has 0 aliphatic rings. The standard InChI is InChI=1S/C15H14F2N2O4/c1-22-7-12(8-2-3-10(16)11(17)4-8)19-15(21)9-5-13(14(18)20)23-6-9/h2-6,12H,7H2,1H3,(H2,18,20)(H,19,21). The lowest BCUT2D eigenvalue weighted by Crippen LogP contribution is -2.31. The molecule has 0 spiro atoms. The van der Waals surface area contributed by atoms with E-state index in [0.717, 1.165) is 18.4 Å². The maximum Gasteiger partial charge on any atom is 0.284 e. The summed E-state index contributed by atoms with van der Waals surface area (Å²) in [6.45, 7) is 0.0390. The molecule has 0 aliphatic heterocycles. The van der Waals surface area contributed by atoms with Crippen LogP contribution in [0.4, 0.5) is 8.78 Å². The fraction of sp³-hybridized carbons (Fsp3) is 0.200. The summed E-state index contributed by atoms with van der Waals surface area (Å²) in [5, 5.41) is 2.58. The molecule has 2 aromatic rings. The van der Waals surface area contributed by atoms with Crippen molar-refractivity contribution < 1.29 is 27.5 Å². The van der Waals surface area contributed by atoms with Crippen molar-refractivity contribution in [3.63, 3.8) is 0 Å². The largest absolute Gasteiger partial charge is 0.458 e. The molecule has 0 fully saturated rings. The molecule has 0 aliphatic carbocycles. The summed E-state index contributed by atoms with van der Waals surface area (Å²) in [7, 11) is 1.40. The van der Waals surface area contributed by atoms with Crippen LogP contribution in [-0.2, 0) is 4.74 Å². The van der Waals surface area contributed by atoms with Gasteiger partial charge < -0.3 is 20.2 Å². The highest BCUT2D eigenvalue weighted by Crippen LogP contribution is 2.18. The van der Waals surface area contributed by atoms with Gasteiger partial charge in [0.1, 0.15) is 6.26 Å². The van der Waals surface area contributed by atoms with E-state index >= 15 is 0 Å². The van der Waals surface area contributed by atoms with Crippen LogP contribution in [0, 0.1) is 11.6 Å². The molecule has 1 aromatic heterocycles. The monoisotopic (exact) mass is 324 g/mol. The first kappa shape index (κ1) is 16.6. The Balaban J connectivity index is 2.19. The molecule has 1 aromatic carbocycles. The molecule has 23 heavy (non-hydrogen) atoms. The van der Waals surface area contributed by atoms with Gasteiger partial charge in [0.25, 0.3) is 11.8 Å². The first-order chi connectivity index (χ1) is 10.9. The maximum absolute atomic E-state index is 13.3. The number of ether oxygens (including phenoxy) is 1. The van der Waals surface area contributed by atoms with Gasteiger partial charge in [0.05, 0.1) is 18.2 Å². The zero-order chi connectivity index (χ0) is 17.0. The third-order valence-corrected chi connectivity index (χ3v) is 3.09. The molecule has 1 atom stereocenters. The third-order valence-electron chi connectivity index (χ3n) is 3.09. The molecule has 1 heterocycles. The first-order valence-electron chi connectivity index (χ1n) is 6.55. The Hall–Kier alpha value is -2.74. The Morgan fingerprint density at radius 1 is 1.30 bits per heavy atom. The van der Waals surface area contributed by atoms with Gasteiger partial charge in [-0.25, -0.2) is 8.78 Å². The van der Waals surface area contributed by atoms with E-state index in [1.54, 1.807) is 0 Å². The molecule has 8 heteroatoms. The Labute approximate surface area is 130 Å². The van der Waals surface area contributed by atoms with Crippen molar-refractivity contribution in [3.05, 3.63) is 59.1 Å². The number of hydrogen-bond donors (Lipinski definition) is 2. The number of carbonyl (C=O) groups excluding carboxylic acids is 2. The van der Waals surface area contributed by atoms with E-state index in [0.29, 0.717) is 5.56 Å². The maximum atomic E-state index is 13.3. The molecule has 0 radical (unpaired) electrons. The predicted octanol–water partition coefficient (Wildman–Crippen LogP) is 1.77. The second-order valence-corrected chi connectivity index (χ2v) is 4.72. The Kier molecular flexibility index (Phi) is 5.07. The average molecular weight is 324 g/mol. The van der Waals surface area contributed by atoms with E-state index in [4.69, 9.17) is 14.9 Å². The molecule has 3 N–H and O–H groups in total. The number of nitrogens with one attached hydrogen (secondary N) is 1. The molecular weight excluding hydrogens is 310 g/mol. The van der Waals surface area contributed by atoms with Crippen LogP contribution in [0.25, 0.3) is 0 Å². The van der Waals surface area contributed by atoms with Gasteiger partial charge in [-0.15, -0.1) is 0 Å². The lowest BCUT2D eigenvalue weighted by molar-refractivity contribution is 0.0895. The van der Waals surface area contributed by atoms with E-state index in [1.807, 2.05) is 0 Å². The fourth-order valence-electron chi connectivity index (χ4n) is 1.94. The molecule has 122 valence electrons.